The quantitative estimate of drug-likeness (QED) is 0.869. The SMILES string of the molecule is Nc1ccc(OCCN2CCCCC2)c2cnccc12. The zero-order valence-corrected chi connectivity index (χ0v) is 11.7. The molecular weight excluding hydrogens is 250 g/mol. The summed E-state index contributed by atoms with van der Waals surface area (Å²) in [5.74, 6) is 0.874. The Morgan fingerprint density at radius 1 is 1.10 bits per heavy atom. The molecule has 0 aliphatic carbocycles. The van der Waals surface area contributed by atoms with E-state index in [-0.39, 0.29) is 0 Å². The van der Waals surface area contributed by atoms with Crippen LogP contribution in [0.25, 0.3) is 10.8 Å². The lowest BCUT2D eigenvalue weighted by molar-refractivity contribution is 0.184. The van der Waals surface area contributed by atoms with E-state index in [9.17, 15) is 0 Å². The third-order valence-electron chi connectivity index (χ3n) is 3.93. The van der Waals surface area contributed by atoms with E-state index in [0.29, 0.717) is 6.61 Å². The molecule has 1 aliphatic rings. The minimum atomic E-state index is 0.716. The number of hydrogen-bond acceptors (Lipinski definition) is 4. The van der Waals surface area contributed by atoms with E-state index in [4.69, 9.17) is 10.5 Å². The Hall–Kier alpha value is -1.81. The predicted molar refractivity (Wildman–Crippen MR) is 81.9 cm³/mol. The summed E-state index contributed by atoms with van der Waals surface area (Å²) in [7, 11) is 0. The van der Waals surface area contributed by atoms with Gasteiger partial charge in [0.25, 0.3) is 0 Å². The average molecular weight is 271 g/mol. The largest absolute Gasteiger partial charge is 0.492 e. The zero-order chi connectivity index (χ0) is 13.8. The van der Waals surface area contributed by atoms with Crippen LogP contribution in [-0.2, 0) is 0 Å². The van der Waals surface area contributed by atoms with E-state index in [1.165, 1.54) is 32.4 Å². The molecule has 4 nitrogen and oxygen atoms in total. The number of rotatable bonds is 4. The van der Waals surface area contributed by atoms with Gasteiger partial charge in [0.05, 0.1) is 0 Å². The number of fused-ring (bicyclic) bond motifs is 1. The highest BCUT2D eigenvalue weighted by molar-refractivity contribution is 5.96. The first-order valence-corrected chi connectivity index (χ1v) is 7.32. The second-order valence-electron chi connectivity index (χ2n) is 5.32. The molecule has 1 saturated heterocycles. The molecule has 3 rings (SSSR count). The lowest BCUT2D eigenvalue weighted by Crippen LogP contribution is -2.33. The van der Waals surface area contributed by atoms with Crippen molar-refractivity contribution in [3.63, 3.8) is 0 Å². The van der Waals surface area contributed by atoms with E-state index < -0.39 is 0 Å². The Bertz CT molecular complexity index is 579. The minimum Gasteiger partial charge on any atom is -0.492 e. The first kappa shape index (κ1) is 13.2. The third-order valence-corrected chi connectivity index (χ3v) is 3.93. The summed E-state index contributed by atoms with van der Waals surface area (Å²) < 4.78 is 5.94. The second-order valence-corrected chi connectivity index (χ2v) is 5.32. The minimum absolute atomic E-state index is 0.716. The Kier molecular flexibility index (Phi) is 4.02. The number of nitrogens with two attached hydrogens (primary N) is 1. The van der Waals surface area contributed by atoms with Crippen LogP contribution in [0.4, 0.5) is 5.69 Å². The monoisotopic (exact) mass is 271 g/mol. The summed E-state index contributed by atoms with van der Waals surface area (Å²) in [6.45, 7) is 4.11. The van der Waals surface area contributed by atoms with Gasteiger partial charge in [0.15, 0.2) is 0 Å². The number of pyridine rings is 1. The number of nitrogens with zero attached hydrogens (tertiary/aromatic N) is 2. The summed E-state index contributed by atoms with van der Waals surface area (Å²) >= 11 is 0. The van der Waals surface area contributed by atoms with Gasteiger partial charge in [0, 0.05) is 35.4 Å². The molecule has 1 fully saturated rings. The third kappa shape index (κ3) is 2.85. The van der Waals surface area contributed by atoms with Gasteiger partial charge < -0.3 is 10.5 Å². The van der Waals surface area contributed by atoms with Gasteiger partial charge in [-0.3, -0.25) is 9.88 Å². The van der Waals surface area contributed by atoms with Crippen molar-refractivity contribution in [2.24, 2.45) is 0 Å². The summed E-state index contributed by atoms with van der Waals surface area (Å²) in [6.07, 6.45) is 7.58. The van der Waals surface area contributed by atoms with E-state index in [0.717, 1.165) is 28.8 Å². The zero-order valence-electron chi connectivity index (χ0n) is 11.7. The van der Waals surface area contributed by atoms with Crippen molar-refractivity contribution >= 4 is 16.5 Å². The molecule has 0 radical (unpaired) electrons. The number of ether oxygens (including phenoxy) is 1. The highest BCUT2D eigenvalue weighted by atomic mass is 16.5. The molecule has 4 heteroatoms. The first-order chi connectivity index (χ1) is 9.84. The molecule has 0 atom stereocenters. The molecule has 1 aromatic carbocycles. The normalized spacial score (nSPS) is 16.4. The van der Waals surface area contributed by atoms with Crippen molar-refractivity contribution in [1.82, 2.24) is 9.88 Å². The summed E-state index contributed by atoms with van der Waals surface area (Å²) in [5, 5.41) is 2.00. The lowest BCUT2D eigenvalue weighted by atomic mass is 10.1. The van der Waals surface area contributed by atoms with Crippen LogP contribution in [-0.4, -0.2) is 36.1 Å². The van der Waals surface area contributed by atoms with Crippen LogP contribution in [0.5, 0.6) is 5.75 Å². The lowest BCUT2D eigenvalue weighted by Gasteiger charge is -2.26. The van der Waals surface area contributed by atoms with Crippen molar-refractivity contribution < 1.29 is 4.74 Å². The highest BCUT2D eigenvalue weighted by Crippen LogP contribution is 2.29. The van der Waals surface area contributed by atoms with Gasteiger partial charge in [0.1, 0.15) is 12.4 Å². The molecule has 1 aliphatic heterocycles. The van der Waals surface area contributed by atoms with E-state index >= 15 is 0 Å². The number of hydrogen-bond donors (Lipinski definition) is 1. The van der Waals surface area contributed by atoms with Crippen LogP contribution >= 0.6 is 0 Å². The molecule has 1 aromatic heterocycles. The van der Waals surface area contributed by atoms with E-state index in [1.54, 1.807) is 6.20 Å². The second kappa shape index (κ2) is 6.09. The van der Waals surface area contributed by atoms with Gasteiger partial charge in [-0.05, 0) is 44.1 Å². The molecule has 0 amide bonds. The maximum atomic E-state index is 5.98. The molecule has 0 spiro atoms. The van der Waals surface area contributed by atoms with Crippen LogP contribution < -0.4 is 10.5 Å². The molecule has 2 N–H and O–H groups in total. The number of anilines is 1. The number of likely N-dealkylation sites (tertiary alicyclic amines) is 1. The topological polar surface area (TPSA) is 51.4 Å². The van der Waals surface area contributed by atoms with E-state index in [2.05, 4.69) is 9.88 Å². The fourth-order valence-corrected chi connectivity index (χ4v) is 2.78. The molecule has 0 bridgehead atoms. The molecule has 0 unspecified atom stereocenters. The van der Waals surface area contributed by atoms with Crippen molar-refractivity contribution in [1.29, 1.82) is 0 Å². The number of aromatic nitrogens is 1. The summed E-state index contributed by atoms with van der Waals surface area (Å²) in [6, 6.07) is 5.77. The molecule has 20 heavy (non-hydrogen) atoms. The predicted octanol–water partition coefficient (Wildman–Crippen LogP) is 2.68. The Balaban J connectivity index is 1.67. The maximum Gasteiger partial charge on any atom is 0.128 e. The van der Waals surface area contributed by atoms with Gasteiger partial charge >= 0.3 is 0 Å². The Morgan fingerprint density at radius 3 is 2.80 bits per heavy atom. The van der Waals surface area contributed by atoms with Crippen LogP contribution in [0.2, 0.25) is 0 Å². The fraction of sp³-hybridized carbons (Fsp3) is 0.438. The maximum absolute atomic E-state index is 5.98. The molecule has 106 valence electrons. The standard InChI is InChI=1S/C16H21N3O/c17-15-4-5-16(14-12-18-7-6-13(14)15)20-11-10-19-8-2-1-3-9-19/h4-7,12H,1-3,8-11,17H2. The molecule has 2 heterocycles. The fourth-order valence-electron chi connectivity index (χ4n) is 2.78. The van der Waals surface area contributed by atoms with Crippen LogP contribution in [0.3, 0.4) is 0 Å². The molecule has 0 saturated carbocycles. The average Bonchev–Trinajstić information content (AvgIpc) is 2.51. The first-order valence-electron chi connectivity index (χ1n) is 7.32. The van der Waals surface area contributed by atoms with Crippen molar-refractivity contribution in [2.45, 2.75) is 19.3 Å². The van der Waals surface area contributed by atoms with Gasteiger partial charge in [-0.2, -0.15) is 0 Å². The number of nitrogen functional groups attached to an aromatic ring is 1. The number of piperidine rings is 1. The summed E-state index contributed by atoms with van der Waals surface area (Å²) in [5.41, 5.74) is 6.75. The highest BCUT2D eigenvalue weighted by Gasteiger charge is 2.10. The van der Waals surface area contributed by atoms with Gasteiger partial charge in [-0.15, -0.1) is 0 Å². The van der Waals surface area contributed by atoms with Crippen LogP contribution in [0, 0.1) is 0 Å². The molecule has 2 aromatic rings. The van der Waals surface area contributed by atoms with Crippen molar-refractivity contribution in [3.05, 3.63) is 30.6 Å². The molecular formula is C16H21N3O. The van der Waals surface area contributed by atoms with Gasteiger partial charge in [-0.25, -0.2) is 0 Å². The van der Waals surface area contributed by atoms with Gasteiger partial charge in [0.2, 0.25) is 0 Å². The smallest absolute Gasteiger partial charge is 0.128 e. The Labute approximate surface area is 119 Å². The number of benzene rings is 1. The van der Waals surface area contributed by atoms with Gasteiger partial charge in [-0.1, -0.05) is 6.42 Å². The van der Waals surface area contributed by atoms with Crippen molar-refractivity contribution in [2.75, 3.05) is 32.0 Å². The van der Waals surface area contributed by atoms with Crippen LogP contribution in [0.15, 0.2) is 30.6 Å². The Morgan fingerprint density at radius 2 is 1.95 bits per heavy atom. The van der Waals surface area contributed by atoms with E-state index in [1.807, 2.05) is 24.4 Å². The summed E-state index contributed by atoms with van der Waals surface area (Å²) in [4.78, 5) is 6.64. The van der Waals surface area contributed by atoms with Crippen molar-refractivity contribution in [3.8, 4) is 5.75 Å². The van der Waals surface area contributed by atoms with Crippen LogP contribution in [0.1, 0.15) is 19.3 Å².